The van der Waals surface area contributed by atoms with Gasteiger partial charge in [0.05, 0.1) is 6.04 Å². The van der Waals surface area contributed by atoms with Crippen molar-refractivity contribution >= 4 is 18.3 Å². The molecule has 1 aliphatic rings. The Hall–Kier alpha value is -1.99. The van der Waals surface area contributed by atoms with Crippen molar-refractivity contribution in [3.05, 3.63) is 41.7 Å². The Bertz CT molecular complexity index is 615. The molecule has 1 unspecified atom stereocenters. The minimum atomic E-state index is 0. The first-order valence-electron chi connectivity index (χ1n) is 7.57. The number of nitrogens with one attached hydrogen (secondary N) is 1. The SMILES string of the molecule is CCc1ccc(C2CNCCN2C(=O)Cn2cnnn2)cc1.Cl. The number of carbonyl (C=O) groups is 1. The highest BCUT2D eigenvalue weighted by Gasteiger charge is 2.27. The van der Waals surface area contributed by atoms with E-state index in [9.17, 15) is 4.79 Å². The first kappa shape index (κ1) is 17.4. The molecular weight excluding hydrogens is 316 g/mol. The van der Waals surface area contributed by atoms with Crippen LogP contribution < -0.4 is 5.32 Å². The van der Waals surface area contributed by atoms with E-state index >= 15 is 0 Å². The quantitative estimate of drug-likeness (QED) is 0.895. The van der Waals surface area contributed by atoms with Crippen LogP contribution in [0.2, 0.25) is 0 Å². The van der Waals surface area contributed by atoms with Gasteiger partial charge in [-0.1, -0.05) is 31.2 Å². The fourth-order valence-electron chi connectivity index (χ4n) is 2.76. The maximum Gasteiger partial charge on any atom is 0.245 e. The van der Waals surface area contributed by atoms with Crippen LogP contribution >= 0.6 is 12.4 Å². The molecule has 2 heterocycles. The number of amides is 1. The van der Waals surface area contributed by atoms with E-state index in [2.05, 4.69) is 52.0 Å². The Morgan fingerprint density at radius 1 is 1.35 bits per heavy atom. The molecule has 0 aliphatic carbocycles. The third-order valence-electron chi connectivity index (χ3n) is 4.03. The molecule has 2 aromatic rings. The lowest BCUT2D eigenvalue weighted by Gasteiger charge is -2.36. The summed E-state index contributed by atoms with van der Waals surface area (Å²) in [7, 11) is 0. The average Bonchev–Trinajstić information content (AvgIpc) is 3.08. The van der Waals surface area contributed by atoms with Gasteiger partial charge in [-0.05, 0) is 28.0 Å². The van der Waals surface area contributed by atoms with E-state index in [0.29, 0.717) is 6.54 Å². The van der Waals surface area contributed by atoms with Crippen LogP contribution in [-0.2, 0) is 17.8 Å². The molecule has 1 amide bonds. The lowest BCUT2D eigenvalue weighted by atomic mass is 10.0. The summed E-state index contributed by atoms with van der Waals surface area (Å²) in [4.78, 5) is 14.5. The monoisotopic (exact) mass is 336 g/mol. The number of halogens is 1. The number of hydrogen-bond acceptors (Lipinski definition) is 5. The highest BCUT2D eigenvalue weighted by atomic mass is 35.5. The van der Waals surface area contributed by atoms with Gasteiger partial charge < -0.3 is 10.2 Å². The molecule has 3 rings (SSSR count). The number of carbonyl (C=O) groups excluding carboxylic acids is 1. The third kappa shape index (κ3) is 4.05. The number of piperazine rings is 1. The summed E-state index contributed by atoms with van der Waals surface area (Å²) in [5, 5.41) is 14.3. The maximum atomic E-state index is 12.6. The molecule has 0 radical (unpaired) electrons. The molecule has 1 saturated heterocycles. The zero-order valence-electron chi connectivity index (χ0n) is 13.1. The van der Waals surface area contributed by atoms with Crippen LogP contribution in [0.1, 0.15) is 24.1 Å². The van der Waals surface area contributed by atoms with Gasteiger partial charge in [0.1, 0.15) is 12.9 Å². The van der Waals surface area contributed by atoms with Gasteiger partial charge in [-0.3, -0.25) is 4.79 Å². The summed E-state index contributed by atoms with van der Waals surface area (Å²) in [6.07, 6.45) is 2.48. The van der Waals surface area contributed by atoms with Gasteiger partial charge in [0.25, 0.3) is 0 Å². The highest BCUT2D eigenvalue weighted by Crippen LogP contribution is 2.23. The van der Waals surface area contributed by atoms with Crippen molar-refractivity contribution in [1.29, 1.82) is 0 Å². The lowest BCUT2D eigenvalue weighted by molar-refractivity contribution is -0.135. The third-order valence-corrected chi connectivity index (χ3v) is 4.03. The second-order valence-corrected chi connectivity index (χ2v) is 5.41. The Balaban J connectivity index is 0.00000192. The number of aryl methyl sites for hydroxylation is 1. The standard InChI is InChI=1S/C15H20N6O.ClH/c1-2-12-3-5-13(6-4-12)14-9-16-7-8-21(14)15(22)10-20-11-17-18-19-20;/h3-6,11,14,16H,2,7-10H2,1H3;1H. The molecule has 1 aliphatic heterocycles. The zero-order valence-corrected chi connectivity index (χ0v) is 13.9. The molecule has 7 nitrogen and oxygen atoms in total. The fourth-order valence-corrected chi connectivity index (χ4v) is 2.76. The summed E-state index contributed by atoms with van der Waals surface area (Å²) in [5.74, 6) is 0.0402. The van der Waals surface area contributed by atoms with Gasteiger partial charge in [-0.15, -0.1) is 17.5 Å². The predicted octanol–water partition coefficient (Wildman–Crippen LogP) is 0.830. The summed E-state index contributed by atoms with van der Waals surface area (Å²) in [5.41, 5.74) is 2.47. The normalized spacial score (nSPS) is 17.6. The zero-order chi connectivity index (χ0) is 15.4. The molecule has 1 aromatic heterocycles. The van der Waals surface area contributed by atoms with E-state index in [-0.39, 0.29) is 30.9 Å². The predicted molar refractivity (Wildman–Crippen MR) is 88.2 cm³/mol. The van der Waals surface area contributed by atoms with Crippen LogP contribution in [0.15, 0.2) is 30.6 Å². The number of tetrazole rings is 1. The molecule has 0 bridgehead atoms. The van der Waals surface area contributed by atoms with Crippen LogP contribution in [-0.4, -0.2) is 50.6 Å². The summed E-state index contributed by atoms with van der Waals surface area (Å²) >= 11 is 0. The van der Waals surface area contributed by atoms with Crippen LogP contribution in [0.5, 0.6) is 0 Å². The second kappa shape index (κ2) is 8.03. The van der Waals surface area contributed by atoms with E-state index in [4.69, 9.17) is 0 Å². The second-order valence-electron chi connectivity index (χ2n) is 5.41. The van der Waals surface area contributed by atoms with Crippen molar-refractivity contribution in [2.24, 2.45) is 0 Å². The van der Waals surface area contributed by atoms with Crippen LogP contribution in [0.4, 0.5) is 0 Å². The number of nitrogens with zero attached hydrogens (tertiary/aromatic N) is 5. The first-order valence-corrected chi connectivity index (χ1v) is 7.57. The lowest BCUT2D eigenvalue weighted by Crippen LogP contribution is -2.49. The highest BCUT2D eigenvalue weighted by molar-refractivity contribution is 5.85. The molecule has 0 spiro atoms. The molecule has 124 valence electrons. The largest absolute Gasteiger partial charge is 0.331 e. The van der Waals surface area contributed by atoms with Crippen LogP contribution in [0, 0.1) is 0 Å². The molecule has 0 saturated carbocycles. The van der Waals surface area contributed by atoms with Crippen molar-refractivity contribution in [1.82, 2.24) is 30.4 Å². The van der Waals surface area contributed by atoms with Crippen molar-refractivity contribution in [2.75, 3.05) is 19.6 Å². The minimum absolute atomic E-state index is 0. The first-order chi connectivity index (χ1) is 10.8. The Labute approximate surface area is 141 Å². The van der Waals surface area contributed by atoms with Crippen LogP contribution in [0.25, 0.3) is 0 Å². The Morgan fingerprint density at radius 2 is 2.13 bits per heavy atom. The molecule has 8 heteroatoms. The van der Waals surface area contributed by atoms with Gasteiger partial charge in [-0.2, -0.15) is 0 Å². The van der Waals surface area contributed by atoms with Crippen molar-refractivity contribution in [2.45, 2.75) is 25.9 Å². The van der Waals surface area contributed by atoms with Crippen molar-refractivity contribution < 1.29 is 4.79 Å². The maximum absolute atomic E-state index is 12.6. The number of benzene rings is 1. The van der Waals surface area contributed by atoms with Gasteiger partial charge in [0, 0.05) is 19.6 Å². The Kier molecular flexibility index (Phi) is 6.06. The average molecular weight is 337 g/mol. The van der Waals surface area contributed by atoms with Gasteiger partial charge in [0.2, 0.25) is 5.91 Å². The fraction of sp³-hybridized carbons (Fsp3) is 0.467. The molecule has 1 fully saturated rings. The molecule has 1 atom stereocenters. The number of rotatable bonds is 4. The van der Waals surface area contributed by atoms with Gasteiger partial charge >= 0.3 is 0 Å². The molecule has 1 aromatic carbocycles. The van der Waals surface area contributed by atoms with E-state index in [1.165, 1.54) is 16.6 Å². The van der Waals surface area contributed by atoms with E-state index in [1.54, 1.807) is 0 Å². The number of hydrogen-bond donors (Lipinski definition) is 1. The van der Waals surface area contributed by atoms with Gasteiger partial charge in [-0.25, -0.2) is 4.68 Å². The molecule has 1 N–H and O–H groups in total. The van der Waals surface area contributed by atoms with Crippen molar-refractivity contribution in [3.8, 4) is 0 Å². The number of aromatic nitrogens is 4. The van der Waals surface area contributed by atoms with Gasteiger partial charge in [0.15, 0.2) is 0 Å². The van der Waals surface area contributed by atoms with E-state index in [0.717, 1.165) is 25.1 Å². The Morgan fingerprint density at radius 3 is 2.78 bits per heavy atom. The molecule has 23 heavy (non-hydrogen) atoms. The van der Waals surface area contributed by atoms with E-state index < -0.39 is 0 Å². The smallest absolute Gasteiger partial charge is 0.245 e. The summed E-state index contributed by atoms with van der Waals surface area (Å²) in [6.45, 7) is 4.59. The topological polar surface area (TPSA) is 75.9 Å². The summed E-state index contributed by atoms with van der Waals surface area (Å²) in [6, 6.07) is 8.56. The van der Waals surface area contributed by atoms with Crippen molar-refractivity contribution in [3.63, 3.8) is 0 Å². The molecular formula is C15H21ClN6O. The summed E-state index contributed by atoms with van der Waals surface area (Å²) < 4.78 is 1.46. The van der Waals surface area contributed by atoms with Crippen LogP contribution in [0.3, 0.4) is 0 Å². The minimum Gasteiger partial charge on any atom is -0.331 e. The van der Waals surface area contributed by atoms with E-state index in [1.807, 2.05) is 4.90 Å².